The first-order valence-electron chi connectivity index (χ1n) is 19.2. The van der Waals surface area contributed by atoms with Gasteiger partial charge in [-0.3, -0.25) is 0 Å². The zero-order chi connectivity index (χ0) is 37.0. The van der Waals surface area contributed by atoms with Crippen LogP contribution in [-0.2, 0) is 0 Å². The molecular formula is C54H35NO. The van der Waals surface area contributed by atoms with Crippen LogP contribution >= 0.6 is 0 Å². The van der Waals surface area contributed by atoms with Gasteiger partial charge in [0.1, 0.15) is 11.2 Å². The number of hydrogen-bond acceptors (Lipinski definition) is 2. The van der Waals surface area contributed by atoms with E-state index in [4.69, 9.17) is 4.42 Å². The summed E-state index contributed by atoms with van der Waals surface area (Å²) in [6.45, 7) is 0. The Morgan fingerprint density at radius 2 is 0.786 bits per heavy atom. The summed E-state index contributed by atoms with van der Waals surface area (Å²) in [6, 6.07) is 76.5. The van der Waals surface area contributed by atoms with Crippen molar-refractivity contribution in [1.82, 2.24) is 0 Å². The number of nitrogens with zero attached hydrogens (tertiary/aromatic N) is 1. The van der Waals surface area contributed by atoms with Gasteiger partial charge in [-0.15, -0.1) is 0 Å². The van der Waals surface area contributed by atoms with Crippen molar-refractivity contribution < 1.29 is 4.42 Å². The molecule has 0 aliphatic carbocycles. The van der Waals surface area contributed by atoms with Gasteiger partial charge in [0.05, 0.1) is 0 Å². The first-order chi connectivity index (χ1) is 27.7. The number of rotatable bonds is 6. The van der Waals surface area contributed by atoms with Crippen LogP contribution in [0.5, 0.6) is 0 Å². The van der Waals surface area contributed by atoms with E-state index < -0.39 is 0 Å². The van der Waals surface area contributed by atoms with Crippen molar-refractivity contribution in [3.63, 3.8) is 0 Å². The van der Waals surface area contributed by atoms with Crippen LogP contribution < -0.4 is 4.90 Å². The van der Waals surface area contributed by atoms with Gasteiger partial charge in [0.15, 0.2) is 0 Å². The molecule has 0 unspecified atom stereocenters. The van der Waals surface area contributed by atoms with Gasteiger partial charge in [0.25, 0.3) is 0 Å². The minimum absolute atomic E-state index is 0.903. The third-order valence-electron chi connectivity index (χ3n) is 11.2. The third-order valence-corrected chi connectivity index (χ3v) is 11.2. The van der Waals surface area contributed by atoms with Crippen LogP contribution in [0, 0.1) is 0 Å². The summed E-state index contributed by atoms with van der Waals surface area (Å²) in [6.07, 6.45) is 0. The summed E-state index contributed by atoms with van der Waals surface area (Å²) in [5.74, 6) is 0. The van der Waals surface area contributed by atoms with Crippen molar-refractivity contribution in [1.29, 1.82) is 0 Å². The molecular weight excluding hydrogens is 679 g/mol. The fourth-order valence-electron chi connectivity index (χ4n) is 8.42. The maximum Gasteiger partial charge on any atom is 0.136 e. The molecule has 0 saturated carbocycles. The standard InChI is InChI=1S/C54H35NO/c1-2-9-36(10-3-1)42-12-8-13-47(33-42)55(46-30-25-38(26-31-46)44-27-32-50-49-15-6-7-16-52(49)56-53(50)35-44)45-28-23-37(24-29-45)43-22-19-40-18-21-41-20-17-39-11-4-5-14-48(39)54(41)51(40)34-43/h1-35H. The predicted molar refractivity (Wildman–Crippen MR) is 237 cm³/mol. The molecule has 0 atom stereocenters. The van der Waals surface area contributed by atoms with Crippen LogP contribution in [-0.4, -0.2) is 0 Å². The summed E-state index contributed by atoms with van der Waals surface area (Å²) in [5, 5.41) is 9.93. The lowest BCUT2D eigenvalue weighted by Crippen LogP contribution is -2.10. The van der Waals surface area contributed by atoms with E-state index in [9.17, 15) is 0 Å². The van der Waals surface area contributed by atoms with Crippen molar-refractivity contribution >= 4 is 71.3 Å². The quantitative estimate of drug-likeness (QED) is 0.160. The van der Waals surface area contributed by atoms with Crippen molar-refractivity contribution in [2.75, 3.05) is 4.90 Å². The smallest absolute Gasteiger partial charge is 0.136 e. The second-order valence-electron chi connectivity index (χ2n) is 14.5. The van der Waals surface area contributed by atoms with Crippen LogP contribution in [0.2, 0.25) is 0 Å². The molecule has 0 bridgehead atoms. The number of anilines is 3. The highest BCUT2D eigenvalue weighted by Gasteiger charge is 2.16. The van der Waals surface area contributed by atoms with Gasteiger partial charge in [-0.05, 0) is 126 Å². The highest BCUT2D eigenvalue weighted by Crippen LogP contribution is 2.40. The molecule has 1 heterocycles. The number of furan rings is 1. The molecule has 10 aromatic carbocycles. The van der Waals surface area contributed by atoms with Crippen LogP contribution in [0.25, 0.3) is 87.6 Å². The highest BCUT2D eigenvalue weighted by atomic mass is 16.3. The molecule has 1 aromatic heterocycles. The van der Waals surface area contributed by atoms with Crippen LogP contribution in [0.4, 0.5) is 17.1 Å². The maximum absolute atomic E-state index is 6.23. The lowest BCUT2D eigenvalue weighted by molar-refractivity contribution is 0.669. The molecule has 0 aliphatic rings. The molecule has 0 amide bonds. The summed E-state index contributed by atoms with van der Waals surface area (Å²) in [7, 11) is 0. The molecule has 2 nitrogen and oxygen atoms in total. The summed E-state index contributed by atoms with van der Waals surface area (Å²) in [5.41, 5.74) is 12.1. The van der Waals surface area contributed by atoms with Gasteiger partial charge in [-0.2, -0.15) is 0 Å². The van der Waals surface area contributed by atoms with E-state index in [0.29, 0.717) is 0 Å². The average molecular weight is 714 g/mol. The fourth-order valence-corrected chi connectivity index (χ4v) is 8.42. The zero-order valence-electron chi connectivity index (χ0n) is 30.6. The molecule has 0 N–H and O–H groups in total. The largest absolute Gasteiger partial charge is 0.456 e. The van der Waals surface area contributed by atoms with E-state index in [1.54, 1.807) is 0 Å². The summed E-state index contributed by atoms with van der Waals surface area (Å²) in [4.78, 5) is 2.35. The number of para-hydroxylation sites is 1. The Hall–Kier alpha value is -7.42. The predicted octanol–water partition coefficient (Wildman–Crippen LogP) is 15.5. The first kappa shape index (κ1) is 32.0. The van der Waals surface area contributed by atoms with E-state index in [1.165, 1.54) is 54.6 Å². The Labute approximate surface area is 325 Å². The Morgan fingerprint density at radius 3 is 1.55 bits per heavy atom. The van der Waals surface area contributed by atoms with Gasteiger partial charge >= 0.3 is 0 Å². The number of benzene rings is 10. The minimum atomic E-state index is 0.903. The minimum Gasteiger partial charge on any atom is -0.456 e. The van der Waals surface area contributed by atoms with E-state index in [0.717, 1.165) is 50.1 Å². The van der Waals surface area contributed by atoms with Gasteiger partial charge in [0.2, 0.25) is 0 Å². The lowest BCUT2D eigenvalue weighted by Gasteiger charge is -2.26. The Bertz CT molecular complexity index is 3230. The van der Waals surface area contributed by atoms with E-state index in [2.05, 4.69) is 205 Å². The van der Waals surface area contributed by atoms with Gasteiger partial charge in [0, 0.05) is 27.8 Å². The Morgan fingerprint density at radius 1 is 0.268 bits per heavy atom. The molecule has 11 rings (SSSR count). The SMILES string of the molecule is c1ccc(-c2cccc(N(c3ccc(-c4ccc5c(c4)oc4ccccc45)cc3)c3ccc(-c4ccc5ccc6ccc7ccccc7c6c5c4)cc3)c2)cc1. The third kappa shape index (κ3) is 5.51. The highest BCUT2D eigenvalue weighted by molar-refractivity contribution is 6.20. The molecule has 0 spiro atoms. The molecule has 0 saturated heterocycles. The van der Waals surface area contributed by atoms with E-state index >= 15 is 0 Å². The first-order valence-corrected chi connectivity index (χ1v) is 19.2. The Balaban J connectivity index is 0.991. The normalized spacial score (nSPS) is 11.6. The second-order valence-corrected chi connectivity index (χ2v) is 14.5. The number of fused-ring (bicyclic) bond motifs is 8. The van der Waals surface area contributed by atoms with Crippen molar-refractivity contribution in [2.45, 2.75) is 0 Å². The second kappa shape index (κ2) is 13.2. The van der Waals surface area contributed by atoms with Gasteiger partial charge < -0.3 is 9.32 Å². The van der Waals surface area contributed by atoms with Crippen LogP contribution in [0.1, 0.15) is 0 Å². The fraction of sp³-hybridized carbons (Fsp3) is 0. The van der Waals surface area contributed by atoms with E-state index in [-0.39, 0.29) is 0 Å². The molecule has 0 fully saturated rings. The Kier molecular flexibility index (Phi) is 7.53. The molecule has 56 heavy (non-hydrogen) atoms. The van der Waals surface area contributed by atoms with Gasteiger partial charge in [-0.25, -0.2) is 0 Å². The lowest BCUT2D eigenvalue weighted by atomic mass is 9.94. The summed E-state index contributed by atoms with van der Waals surface area (Å²) < 4.78 is 6.23. The molecule has 0 aliphatic heterocycles. The zero-order valence-corrected chi connectivity index (χ0v) is 30.6. The molecule has 11 aromatic rings. The topological polar surface area (TPSA) is 16.4 Å². The number of hydrogen-bond donors (Lipinski definition) is 0. The molecule has 2 heteroatoms. The van der Waals surface area contributed by atoms with Crippen molar-refractivity contribution in [3.8, 4) is 33.4 Å². The van der Waals surface area contributed by atoms with Crippen molar-refractivity contribution in [3.05, 3.63) is 212 Å². The van der Waals surface area contributed by atoms with Crippen LogP contribution in [0.15, 0.2) is 217 Å². The van der Waals surface area contributed by atoms with Crippen LogP contribution in [0.3, 0.4) is 0 Å². The monoisotopic (exact) mass is 713 g/mol. The molecule has 0 radical (unpaired) electrons. The van der Waals surface area contributed by atoms with Gasteiger partial charge in [-0.1, -0.05) is 152 Å². The molecule has 262 valence electrons. The van der Waals surface area contributed by atoms with Crippen molar-refractivity contribution in [2.24, 2.45) is 0 Å². The summed E-state index contributed by atoms with van der Waals surface area (Å²) >= 11 is 0. The average Bonchev–Trinajstić information content (AvgIpc) is 3.65. The maximum atomic E-state index is 6.23. The van der Waals surface area contributed by atoms with E-state index in [1.807, 2.05) is 12.1 Å².